The van der Waals surface area contributed by atoms with E-state index in [1.165, 1.54) is 16.7 Å². The van der Waals surface area contributed by atoms with Crippen molar-refractivity contribution in [2.75, 3.05) is 10.6 Å². The molecule has 1 aliphatic carbocycles. The van der Waals surface area contributed by atoms with Crippen molar-refractivity contribution in [3.8, 4) is 0 Å². The fraction of sp³-hybridized carbons (Fsp3) is 0.118. The Kier molecular flexibility index (Phi) is 3.95. The van der Waals surface area contributed by atoms with Crippen molar-refractivity contribution in [1.29, 1.82) is 0 Å². The Hall–Kier alpha value is -1.84. The molecule has 2 aromatic rings. The molecular weight excluding hydrogens is 300 g/mol. The van der Waals surface area contributed by atoms with Crippen molar-refractivity contribution >= 4 is 40.3 Å². The van der Waals surface area contributed by atoms with Gasteiger partial charge >= 0.3 is 0 Å². The standard InChI is InChI=1S/C17H15ClN2S/c1-11-7-12-5-6-16(9-13(12)8-11)20-17(21)19-15-4-2-3-14(18)10-15/h2-6,9-10H,1,7-8H2,(H2,19,20,21). The number of hydrogen-bond acceptors (Lipinski definition) is 1. The molecule has 0 unspecified atom stereocenters. The Bertz CT molecular complexity index is 724. The number of allylic oxidation sites excluding steroid dienone is 1. The van der Waals surface area contributed by atoms with Gasteiger partial charge in [-0.25, -0.2) is 0 Å². The molecule has 1 aliphatic rings. The molecule has 3 rings (SSSR count). The van der Waals surface area contributed by atoms with Gasteiger partial charge in [0.2, 0.25) is 0 Å². The van der Waals surface area contributed by atoms with E-state index in [0.717, 1.165) is 24.2 Å². The first kappa shape index (κ1) is 14.1. The van der Waals surface area contributed by atoms with E-state index in [-0.39, 0.29) is 0 Å². The Labute approximate surface area is 134 Å². The van der Waals surface area contributed by atoms with E-state index in [9.17, 15) is 0 Å². The number of halogens is 1. The van der Waals surface area contributed by atoms with Gasteiger partial charge < -0.3 is 10.6 Å². The molecule has 0 fully saturated rings. The highest BCUT2D eigenvalue weighted by molar-refractivity contribution is 7.80. The maximum absolute atomic E-state index is 5.95. The highest BCUT2D eigenvalue weighted by Crippen LogP contribution is 2.27. The molecule has 0 aromatic heterocycles. The Morgan fingerprint density at radius 2 is 1.71 bits per heavy atom. The van der Waals surface area contributed by atoms with Crippen molar-refractivity contribution in [3.63, 3.8) is 0 Å². The van der Waals surface area contributed by atoms with E-state index in [1.807, 2.05) is 30.3 Å². The number of anilines is 2. The van der Waals surface area contributed by atoms with Crippen LogP contribution in [0.3, 0.4) is 0 Å². The lowest BCUT2D eigenvalue weighted by Crippen LogP contribution is -2.19. The van der Waals surface area contributed by atoms with Gasteiger partial charge in [-0.2, -0.15) is 0 Å². The molecule has 106 valence electrons. The van der Waals surface area contributed by atoms with Gasteiger partial charge in [-0.05, 0) is 66.5 Å². The lowest BCUT2D eigenvalue weighted by Gasteiger charge is -2.11. The smallest absolute Gasteiger partial charge is 0.175 e. The second-order valence-electron chi connectivity index (χ2n) is 5.18. The monoisotopic (exact) mass is 314 g/mol. The molecule has 2 N–H and O–H groups in total. The maximum Gasteiger partial charge on any atom is 0.175 e. The summed E-state index contributed by atoms with van der Waals surface area (Å²) in [5.74, 6) is 0. The quantitative estimate of drug-likeness (QED) is 0.615. The summed E-state index contributed by atoms with van der Waals surface area (Å²) in [7, 11) is 0. The van der Waals surface area contributed by atoms with Crippen LogP contribution in [-0.4, -0.2) is 5.11 Å². The summed E-state index contributed by atoms with van der Waals surface area (Å²) < 4.78 is 0. The maximum atomic E-state index is 5.95. The van der Waals surface area contributed by atoms with Crippen LogP contribution in [-0.2, 0) is 12.8 Å². The van der Waals surface area contributed by atoms with Gasteiger partial charge in [0.25, 0.3) is 0 Å². The van der Waals surface area contributed by atoms with Crippen LogP contribution < -0.4 is 10.6 Å². The molecule has 2 aromatic carbocycles. The summed E-state index contributed by atoms with van der Waals surface area (Å²) in [4.78, 5) is 0. The number of rotatable bonds is 2. The van der Waals surface area contributed by atoms with Gasteiger partial charge in [0.05, 0.1) is 0 Å². The van der Waals surface area contributed by atoms with Crippen molar-refractivity contribution in [2.24, 2.45) is 0 Å². The lowest BCUT2D eigenvalue weighted by atomic mass is 10.1. The number of thiocarbonyl (C=S) groups is 1. The zero-order chi connectivity index (χ0) is 14.8. The highest BCUT2D eigenvalue weighted by atomic mass is 35.5. The summed E-state index contributed by atoms with van der Waals surface area (Å²) in [6.07, 6.45) is 1.94. The molecule has 21 heavy (non-hydrogen) atoms. The fourth-order valence-corrected chi connectivity index (χ4v) is 2.93. The van der Waals surface area contributed by atoms with Crippen LogP contribution in [0.5, 0.6) is 0 Å². The first-order valence-electron chi connectivity index (χ1n) is 6.72. The normalized spacial score (nSPS) is 12.9. The molecule has 0 saturated heterocycles. The molecule has 0 spiro atoms. The van der Waals surface area contributed by atoms with Gasteiger partial charge in [0, 0.05) is 16.4 Å². The number of benzene rings is 2. The molecular formula is C17H15ClN2S. The van der Waals surface area contributed by atoms with Crippen LogP contribution in [0.1, 0.15) is 11.1 Å². The zero-order valence-corrected chi connectivity index (χ0v) is 13.0. The first-order valence-corrected chi connectivity index (χ1v) is 7.51. The topological polar surface area (TPSA) is 24.1 Å². The lowest BCUT2D eigenvalue weighted by molar-refractivity contribution is 1.19. The summed E-state index contributed by atoms with van der Waals surface area (Å²) in [5, 5.41) is 7.56. The van der Waals surface area contributed by atoms with Crippen LogP contribution >= 0.6 is 23.8 Å². The van der Waals surface area contributed by atoms with Crippen molar-refractivity contribution in [3.05, 3.63) is 70.8 Å². The first-order chi connectivity index (χ1) is 10.1. The van der Waals surface area contributed by atoms with Gasteiger partial charge in [-0.1, -0.05) is 35.9 Å². The summed E-state index contributed by atoms with van der Waals surface area (Å²) in [6, 6.07) is 13.8. The molecule has 0 atom stereocenters. The van der Waals surface area contributed by atoms with Crippen LogP contribution in [0.25, 0.3) is 0 Å². The van der Waals surface area contributed by atoms with E-state index in [1.54, 1.807) is 0 Å². The summed E-state index contributed by atoms with van der Waals surface area (Å²) in [5.41, 5.74) is 5.81. The Balaban J connectivity index is 1.68. The predicted octanol–water partition coefficient (Wildman–Crippen LogP) is 4.80. The predicted molar refractivity (Wildman–Crippen MR) is 94.3 cm³/mol. The van der Waals surface area contributed by atoms with E-state index in [2.05, 4.69) is 29.3 Å². The molecule has 0 aliphatic heterocycles. The van der Waals surface area contributed by atoms with Crippen molar-refractivity contribution < 1.29 is 0 Å². The van der Waals surface area contributed by atoms with Crippen molar-refractivity contribution in [2.45, 2.75) is 12.8 Å². The van der Waals surface area contributed by atoms with E-state index in [0.29, 0.717) is 10.1 Å². The number of hydrogen-bond donors (Lipinski definition) is 2. The third kappa shape index (κ3) is 3.43. The molecule has 0 saturated carbocycles. The third-order valence-electron chi connectivity index (χ3n) is 3.43. The van der Waals surface area contributed by atoms with Gasteiger partial charge in [-0.15, -0.1) is 0 Å². The van der Waals surface area contributed by atoms with Crippen LogP contribution in [0, 0.1) is 0 Å². The second kappa shape index (κ2) is 5.88. The molecule has 0 radical (unpaired) electrons. The SMILES string of the molecule is C=C1Cc2ccc(NC(=S)Nc3cccc(Cl)c3)cc2C1. The van der Waals surface area contributed by atoms with Crippen LogP contribution in [0.15, 0.2) is 54.6 Å². The molecule has 0 bridgehead atoms. The van der Waals surface area contributed by atoms with E-state index < -0.39 is 0 Å². The Morgan fingerprint density at radius 1 is 1.00 bits per heavy atom. The number of fused-ring (bicyclic) bond motifs is 1. The van der Waals surface area contributed by atoms with Crippen LogP contribution in [0.4, 0.5) is 11.4 Å². The average molecular weight is 315 g/mol. The van der Waals surface area contributed by atoms with Crippen LogP contribution in [0.2, 0.25) is 5.02 Å². The average Bonchev–Trinajstić information content (AvgIpc) is 2.78. The Morgan fingerprint density at radius 3 is 2.48 bits per heavy atom. The molecule has 0 heterocycles. The van der Waals surface area contributed by atoms with E-state index >= 15 is 0 Å². The summed E-state index contributed by atoms with van der Waals surface area (Å²) in [6.45, 7) is 4.05. The van der Waals surface area contributed by atoms with E-state index in [4.69, 9.17) is 23.8 Å². The van der Waals surface area contributed by atoms with Gasteiger partial charge in [0.15, 0.2) is 5.11 Å². The van der Waals surface area contributed by atoms with Gasteiger partial charge in [0.1, 0.15) is 0 Å². The molecule has 2 nitrogen and oxygen atoms in total. The molecule has 4 heteroatoms. The zero-order valence-electron chi connectivity index (χ0n) is 11.4. The molecule has 0 amide bonds. The van der Waals surface area contributed by atoms with Crippen molar-refractivity contribution in [1.82, 2.24) is 0 Å². The minimum absolute atomic E-state index is 0.550. The minimum atomic E-state index is 0.550. The second-order valence-corrected chi connectivity index (χ2v) is 6.02. The third-order valence-corrected chi connectivity index (χ3v) is 3.87. The summed E-state index contributed by atoms with van der Waals surface area (Å²) >= 11 is 11.3. The van der Waals surface area contributed by atoms with Gasteiger partial charge in [-0.3, -0.25) is 0 Å². The minimum Gasteiger partial charge on any atom is -0.332 e. The largest absolute Gasteiger partial charge is 0.332 e. The number of nitrogens with one attached hydrogen (secondary N) is 2. The highest BCUT2D eigenvalue weighted by Gasteiger charge is 2.14. The fourth-order valence-electron chi connectivity index (χ4n) is 2.50.